The van der Waals surface area contributed by atoms with Crippen molar-refractivity contribution >= 4 is 5.97 Å². The molecule has 4 nitrogen and oxygen atoms in total. The number of aromatic carboxylic acids is 1. The standard InChI is InChI=1S/C16H12FNO3/c1-10-3-2-4-13(16(19)20)15(10)21-9-12-7-11(8-18)5-6-14(12)17/h2-7H,9H2,1H3,(H,19,20). The van der Waals surface area contributed by atoms with Gasteiger partial charge in [-0.15, -0.1) is 0 Å². The molecule has 0 unspecified atom stereocenters. The van der Waals surface area contributed by atoms with Crippen LogP contribution in [0.15, 0.2) is 36.4 Å². The monoisotopic (exact) mass is 285 g/mol. The third-order valence-electron chi connectivity index (χ3n) is 2.99. The number of nitrogens with zero attached hydrogens (tertiary/aromatic N) is 1. The second-order valence-electron chi connectivity index (χ2n) is 4.46. The zero-order chi connectivity index (χ0) is 15.4. The molecule has 0 aliphatic heterocycles. The number of hydrogen-bond donors (Lipinski definition) is 1. The van der Waals surface area contributed by atoms with Crippen molar-refractivity contribution in [1.82, 2.24) is 0 Å². The molecule has 0 aliphatic carbocycles. The minimum atomic E-state index is -1.11. The van der Waals surface area contributed by atoms with Crippen LogP contribution in [0.1, 0.15) is 27.0 Å². The van der Waals surface area contributed by atoms with Gasteiger partial charge in [0.25, 0.3) is 0 Å². The summed E-state index contributed by atoms with van der Waals surface area (Å²) < 4.78 is 19.1. The lowest BCUT2D eigenvalue weighted by molar-refractivity contribution is 0.0691. The van der Waals surface area contributed by atoms with Crippen LogP contribution >= 0.6 is 0 Å². The molecule has 2 aromatic carbocycles. The number of para-hydroxylation sites is 1. The minimum absolute atomic E-state index is 0.0202. The van der Waals surface area contributed by atoms with Crippen molar-refractivity contribution in [1.29, 1.82) is 5.26 Å². The van der Waals surface area contributed by atoms with Crippen LogP contribution in [0.3, 0.4) is 0 Å². The third-order valence-corrected chi connectivity index (χ3v) is 2.99. The Balaban J connectivity index is 2.29. The summed E-state index contributed by atoms with van der Waals surface area (Å²) >= 11 is 0. The molecule has 0 saturated heterocycles. The number of rotatable bonds is 4. The predicted octanol–water partition coefficient (Wildman–Crippen LogP) is 3.28. The Labute approximate surface area is 121 Å². The third kappa shape index (κ3) is 3.18. The van der Waals surface area contributed by atoms with E-state index in [0.29, 0.717) is 11.1 Å². The number of carboxylic acids is 1. The van der Waals surface area contributed by atoms with E-state index in [-0.39, 0.29) is 23.5 Å². The highest BCUT2D eigenvalue weighted by Gasteiger charge is 2.14. The molecule has 0 saturated carbocycles. The largest absolute Gasteiger partial charge is 0.488 e. The molecule has 1 N–H and O–H groups in total. The van der Waals surface area contributed by atoms with Crippen LogP contribution in [-0.2, 0) is 6.61 Å². The maximum atomic E-state index is 13.7. The minimum Gasteiger partial charge on any atom is -0.488 e. The van der Waals surface area contributed by atoms with E-state index < -0.39 is 11.8 Å². The summed E-state index contributed by atoms with van der Waals surface area (Å²) in [4.78, 5) is 11.2. The van der Waals surface area contributed by atoms with Crippen LogP contribution in [0.2, 0.25) is 0 Å². The summed E-state index contributed by atoms with van der Waals surface area (Å²) in [6.45, 7) is 1.57. The summed E-state index contributed by atoms with van der Waals surface area (Å²) in [6, 6.07) is 10.6. The molecule has 0 aromatic heterocycles. The Hall–Kier alpha value is -2.87. The molecule has 0 radical (unpaired) electrons. The SMILES string of the molecule is Cc1cccc(C(=O)O)c1OCc1cc(C#N)ccc1F. The van der Waals surface area contributed by atoms with Crippen molar-refractivity contribution in [3.05, 3.63) is 64.5 Å². The molecular formula is C16H12FNO3. The van der Waals surface area contributed by atoms with Gasteiger partial charge in [-0.1, -0.05) is 12.1 Å². The molecule has 0 spiro atoms. The Bertz CT molecular complexity index is 735. The van der Waals surface area contributed by atoms with E-state index in [9.17, 15) is 9.18 Å². The number of carbonyl (C=O) groups is 1. The fourth-order valence-corrected chi connectivity index (χ4v) is 1.92. The highest BCUT2D eigenvalue weighted by molar-refractivity contribution is 5.91. The highest BCUT2D eigenvalue weighted by atomic mass is 19.1. The van der Waals surface area contributed by atoms with E-state index in [4.69, 9.17) is 15.1 Å². The average Bonchev–Trinajstić information content (AvgIpc) is 2.47. The topological polar surface area (TPSA) is 70.3 Å². The van der Waals surface area contributed by atoms with E-state index >= 15 is 0 Å². The van der Waals surface area contributed by atoms with E-state index in [0.717, 1.165) is 0 Å². The number of benzene rings is 2. The van der Waals surface area contributed by atoms with Crippen molar-refractivity contribution in [2.24, 2.45) is 0 Å². The maximum Gasteiger partial charge on any atom is 0.339 e. The van der Waals surface area contributed by atoms with Crippen molar-refractivity contribution in [3.63, 3.8) is 0 Å². The van der Waals surface area contributed by atoms with Gasteiger partial charge in [0.1, 0.15) is 23.7 Å². The second-order valence-corrected chi connectivity index (χ2v) is 4.46. The van der Waals surface area contributed by atoms with Crippen molar-refractivity contribution in [2.45, 2.75) is 13.5 Å². The van der Waals surface area contributed by atoms with Gasteiger partial charge in [0.05, 0.1) is 11.6 Å². The summed E-state index contributed by atoms with van der Waals surface area (Å²) in [5, 5.41) is 17.9. The van der Waals surface area contributed by atoms with Crippen molar-refractivity contribution in [2.75, 3.05) is 0 Å². The van der Waals surface area contributed by atoms with Gasteiger partial charge < -0.3 is 9.84 Å². The molecule has 2 aromatic rings. The smallest absolute Gasteiger partial charge is 0.339 e. The van der Waals surface area contributed by atoms with Crippen molar-refractivity contribution in [3.8, 4) is 11.8 Å². The van der Waals surface area contributed by atoms with Gasteiger partial charge in [-0.3, -0.25) is 0 Å². The number of ether oxygens (including phenoxy) is 1. The second kappa shape index (κ2) is 6.06. The molecule has 0 fully saturated rings. The highest BCUT2D eigenvalue weighted by Crippen LogP contribution is 2.25. The van der Waals surface area contributed by atoms with Gasteiger partial charge in [0, 0.05) is 5.56 Å². The lowest BCUT2D eigenvalue weighted by atomic mass is 10.1. The average molecular weight is 285 g/mol. The first kappa shape index (κ1) is 14.5. The number of aryl methyl sites for hydroxylation is 1. The zero-order valence-corrected chi connectivity index (χ0v) is 11.3. The Morgan fingerprint density at radius 1 is 1.38 bits per heavy atom. The van der Waals surface area contributed by atoms with Gasteiger partial charge in [-0.2, -0.15) is 5.26 Å². The Morgan fingerprint density at radius 3 is 2.81 bits per heavy atom. The van der Waals surface area contributed by atoms with Crippen LogP contribution in [-0.4, -0.2) is 11.1 Å². The number of halogens is 1. The summed E-state index contributed by atoms with van der Waals surface area (Å²) in [6.07, 6.45) is 0. The van der Waals surface area contributed by atoms with Crippen LogP contribution < -0.4 is 4.74 Å². The van der Waals surface area contributed by atoms with Crippen LogP contribution in [0.25, 0.3) is 0 Å². The van der Waals surface area contributed by atoms with Crippen molar-refractivity contribution < 1.29 is 19.0 Å². The molecule has 0 aliphatic rings. The van der Waals surface area contributed by atoms with Gasteiger partial charge in [0.2, 0.25) is 0 Å². The van der Waals surface area contributed by atoms with Gasteiger partial charge >= 0.3 is 5.97 Å². The maximum absolute atomic E-state index is 13.7. The molecule has 21 heavy (non-hydrogen) atoms. The normalized spacial score (nSPS) is 9.95. The Morgan fingerprint density at radius 2 is 2.14 bits per heavy atom. The number of carboxylic acid groups (broad SMARTS) is 1. The molecule has 0 atom stereocenters. The number of nitriles is 1. The summed E-state index contributed by atoms with van der Waals surface area (Å²) in [5.41, 5.74) is 1.19. The van der Waals surface area contributed by atoms with Gasteiger partial charge in [-0.05, 0) is 36.8 Å². The lowest BCUT2D eigenvalue weighted by Crippen LogP contribution is -2.06. The molecule has 0 heterocycles. The zero-order valence-electron chi connectivity index (χ0n) is 11.3. The summed E-state index contributed by atoms with van der Waals surface area (Å²) in [5.74, 6) is -1.41. The summed E-state index contributed by atoms with van der Waals surface area (Å²) in [7, 11) is 0. The van der Waals surface area contributed by atoms with E-state index in [1.165, 1.54) is 24.3 Å². The fourth-order valence-electron chi connectivity index (χ4n) is 1.92. The Kier molecular flexibility index (Phi) is 4.19. The molecule has 2 rings (SSSR count). The molecular weight excluding hydrogens is 273 g/mol. The van der Waals surface area contributed by atoms with E-state index in [1.54, 1.807) is 19.1 Å². The van der Waals surface area contributed by atoms with Crippen LogP contribution in [0.5, 0.6) is 5.75 Å². The lowest BCUT2D eigenvalue weighted by Gasteiger charge is -2.12. The molecule has 0 bridgehead atoms. The van der Waals surface area contributed by atoms with Crippen LogP contribution in [0, 0.1) is 24.1 Å². The van der Waals surface area contributed by atoms with Crippen LogP contribution in [0.4, 0.5) is 4.39 Å². The first-order valence-corrected chi connectivity index (χ1v) is 6.17. The first-order valence-electron chi connectivity index (χ1n) is 6.17. The quantitative estimate of drug-likeness (QED) is 0.935. The molecule has 5 heteroatoms. The molecule has 106 valence electrons. The predicted molar refractivity (Wildman–Crippen MR) is 73.6 cm³/mol. The van der Waals surface area contributed by atoms with E-state index in [1.807, 2.05) is 6.07 Å². The molecule has 0 amide bonds. The van der Waals surface area contributed by atoms with Gasteiger partial charge in [0.15, 0.2) is 0 Å². The number of hydrogen-bond acceptors (Lipinski definition) is 3. The van der Waals surface area contributed by atoms with Gasteiger partial charge in [-0.25, -0.2) is 9.18 Å². The van der Waals surface area contributed by atoms with E-state index in [2.05, 4.69) is 0 Å². The fraction of sp³-hybridized carbons (Fsp3) is 0.125. The first-order chi connectivity index (χ1) is 10.0.